The molecule has 0 radical (unpaired) electrons. The smallest absolute Gasteiger partial charge is 0.338 e. The van der Waals surface area contributed by atoms with Crippen molar-refractivity contribution in [2.45, 2.75) is 19.8 Å². The summed E-state index contributed by atoms with van der Waals surface area (Å²) < 4.78 is 11.7. The Kier molecular flexibility index (Phi) is 6.06. The second-order valence-corrected chi connectivity index (χ2v) is 9.11. The number of benzene rings is 4. The van der Waals surface area contributed by atoms with Crippen LogP contribution in [0.3, 0.4) is 0 Å². The van der Waals surface area contributed by atoms with Crippen molar-refractivity contribution in [3.8, 4) is 11.5 Å². The fourth-order valence-electron chi connectivity index (χ4n) is 4.67. The third kappa shape index (κ3) is 4.15. The molecule has 0 N–H and O–H groups in total. The van der Waals surface area contributed by atoms with Gasteiger partial charge in [0.25, 0.3) is 0 Å². The Balaban J connectivity index is 1.87. The number of esters is 2. The molecule has 0 heterocycles. The quantitative estimate of drug-likeness (QED) is 0.160. The lowest BCUT2D eigenvalue weighted by Gasteiger charge is -2.30. The lowest BCUT2D eigenvalue weighted by Crippen LogP contribution is -2.21. The Morgan fingerprint density at radius 1 is 0.676 bits per heavy atom. The van der Waals surface area contributed by atoms with E-state index < -0.39 is 17.9 Å². The van der Waals surface area contributed by atoms with Gasteiger partial charge in [0, 0.05) is 44.5 Å². The van der Waals surface area contributed by atoms with Crippen LogP contribution in [-0.4, -0.2) is 17.7 Å². The Morgan fingerprint density at radius 2 is 1.16 bits per heavy atom. The van der Waals surface area contributed by atoms with E-state index in [0.29, 0.717) is 39.0 Å². The maximum Gasteiger partial charge on any atom is 0.338 e. The van der Waals surface area contributed by atoms with E-state index in [1.165, 1.54) is 0 Å². The number of carbonyl (C=O) groups excluding carboxylic acids is 3. The zero-order valence-corrected chi connectivity index (χ0v) is 20.5. The third-order valence-corrected chi connectivity index (χ3v) is 6.42. The highest BCUT2D eigenvalue weighted by atomic mass is 16.5. The van der Waals surface area contributed by atoms with Crippen molar-refractivity contribution in [2.24, 2.45) is 0 Å². The van der Waals surface area contributed by atoms with Crippen LogP contribution in [0.1, 0.15) is 52.4 Å². The van der Waals surface area contributed by atoms with Crippen molar-refractivity contribution in [3.63, 3.8) is 0 Å². The minimum absolute atomic E-state index is 0.0716. The SMILES string of the molecule is C=C(C)C(=O)Oc1cc(C2c3ccccc3C(=O)c3ccccc32)c(OC(=O)C(=C)C)c2ccccc12. The van der Waals surface area contributed by atoms with Crippen molar-refractivity contribution < 1.29 is 23.9 Å². The van der Waals surface area contributed by atoms with Gasteiger partial charge in [-0.25, -0.2) is 9.59 Å². The van der Waals surface area contributed by atoms with Gasteiger partial charge < -0.3 is 9.47 Å². The van der Waals surface area contributed by atoms with Crippen molar-refractivity contribution in [2.75, 3.05) is 0 Å². The molecule has 5 nitrogen and oxygen atoms in total. The van der Waals surface area contributed by atoms with Crippen molar-refractivity contribution >= 4 is 28.5 Å². The van der Waals surface area contributed by atoms with E-state index in [2.05, 4.69) is 13.2 Å². The number of ether oxygens (including phenoxy) is 2. The molecule has 0 aliphatic heterocycles. The second-order valence-electron chi connectivity index (χ2n) is 9.11. The van der Waals surface area contributed by atoms with Crippen LogP contribution < -0.4 is 9.47 Å². The molecule has 0 unspecified atom stereocenters. The summed E-state index contributed by atoms with van der Waals surface area (Å²) in [6.07, 6.45) is 0. The van der Waals surface area contributed by atoms with Crippen LogP contribution in [0, 0.1) is 0 Å². The molecule has 0 spiro atoms. The molecule has 0 amide bonds. The highest BCUT2D eigenvalue weighted by Crippen LogP contribution is 2.48. The monoisotopic (exact) mass is 488 g/mol. The summed E-state index contributed by atoms with van der Waals surface area (Å²) in [6, 6.07) is 23.7. The summed E-state index contributed by atoms with van der Waals surface area (Å²) >= 11 is 0. The van der Waals surface area contributed by atoms with E-state index in [9.17, 15) is 14.4 Å². The minimum Gasteiger partial charge on any atom is -0.423 e. The molecule has 0 saturated heterocycles. The van der Waals surface area contributed by atoms with Crippen molar-refractivity contribution in [1.82, 2.24) is 0 Å². The van der Waals surface area contributed by atoms with Gasteiger partial charge in [-0.1, -0.05) is 86.0 Å². The highest BCUT2D eigenvalue weighted by molar-refractivity contribution is 6.13. The third-order valence-electron chi connectivity index (χ3n) is 6.42. The van der Waals surface area contributed by atoms with E-state index in [4.69, 9.17) is 9.47 Å². The predicted molar refractivity (Wildman–Crippen MR) is 142 cm³/mol. The number of carbonyl (C=O) groups is 3. The Hall–Kier alpha value is -4.77. The van der Waals surface area contributed by atoms with Crippen LogP contribution in [0.5, 0.6) is 11.5 Å². The minimum atomic E-state index is -0.577. The second kappa shape index (κ2) is 9.36. The van der Waals surface area contributed by atoms with Gasteiger partial charge in [-0.05, 0) is 31.0 Å². The number of rotatable bonds is 5. The first kappa shape index (κ1) is 23.9. The predicted octanol–water partition coefficient (Wildman–Crippen LogP) is 6.53. The molecule has 37 heavy (non-hydrogen) atoms. The van der Waals surface area contributed by atoms with E-state index in [1.807, 2.05) is 54.6 Å². The van der Waals surface area contributed by atoms with Crippen LogP contribution in [0.4, 0.5) is 0 Å². The van der Waals surface area contributed by atoms with Crippen LogP contribution in [0.25, 0.3) is 10.8 Å². The molecular formula is C32H24O5. The molecule has 182 valence electrons. The molecule has 4 aromatic carbocycles. The molecule has 1 aliphatic carbocycles. The average Bonchev–Trinajstić information content (AvgIpc) is 2.90. The zero-order chi connectivity index (χ0) is 26.3. The summed E-state index contributed by atoms with van der Waals surface area (Å²) in [4.78, 5) is 38.7. The molecule has 5 rings (SSSR count). The molecule has 0 fully saturated rings. The summed E-state index contributed by atoms with van der Waals surface area (Å²) in [5, 5.41) is 1.18. The fraction of sp³-hybridized carbons (Fsp3) is 0.0938. The summed E-state index contributed by atoms with van der Waals surface area (Å²) in [5.74, 6) is -1.06. The van der Waals surface area contributed by atoms with Gasteiger partial charge in [0.1, 0.15) is 11.5 Å². The van der Waals surface area contributed by atoms with Gasteiger partial charge in [0.15, 0.2) is 5.78 Å². The number of hydrogen-bond acceptors (Lipinski definition) is 5. The highest BCUT2D eigenvalue weighted by Gasteiger charge is 2.35. The van der Waals surface area contributed by atoms with E-state index in [1.54, 1.807) is 38.1 Å². The number of fused-ring (bicyclic) bond motifs is 3. The molecule has 0 aromatic heterocycles. The molecule has 0 bridgehead atoms. The van der Waals surface area contributed by atoms with Gasteiger partial charge in [-0.15, -0.1) is 0 Å². The topological polar surface area (TPSA) is 69.7 Å². The lowest BCUT2D eigenvalue weighted by atomic mass is 9.73. The average molecular weight is 489 g/mol. The maximum atomic E-state index is 13.4. The van der Waals surface area contributed by atoms with E-state index in [-0.39, 0.29) is 16.9 Å². The molecule has 1 aliphatic rings. The van der Waals surface area contributed by atoms with Gasteiger partial charge in [-0.2, -0.15) is 0 Å². The van der Waals surface area contributed by atoms with Crippen LogP contribution >= 0.6 is 0 Å². The summed E-state index contributed by atoms with van der Waals surface area (Å²) in [6.45, 7) is 10.6. The standard InChI is InChI=1S/C32H24O5/c1-18(2)31(34)36-27-17-26(30(37-32(35)19(3)4)25-16-10-5-11-20(25)27)28-21-12-6-8-14-23(21)29(33)24-15-9-7-13-22(24)28/h5-17,28H,1,3H2,2,4H3. The molecular weight excluding hydrogens is 464 g/mol. The van der Waals surface area contributed by atoms with Crippen molar-refractivity contribution in [1.29, 1.82) is 0 Å². The van der Waals surface area contributed by atoms with Gasteiger partial charge in [0.05, 0.1) is 0 Å². The fourth-order valence-corrected chi connectivity index (χ4v) is 4.67. The summed E-state index contributed by atoms with van der Waals surface area (Å²) in [5.41, 5.74) is 3.76. The first-order valence-corrected chi connectivity index (χ1v) is 11.8. The van der Waals surface area contributed by atoms with Crippen LogP contribution in [0.15, 0.2) is 103 Å². The lowest BCUT2D eigenvalue weighted by molar-refractivity contribution is -0.131. The normalized spacial score (nSPS) is 12.4. The van der Waals surface area contributed by atoms with Crippen LogP contribution in [0.2, 0.25) is 0 Å². The molecule has 5 heteroatoms. The summed E-state index contributed by atoms with van der Waals surface area (Å²) in [7, 11) is 0. The first-order valence-electron chi connectivity index (χ1n) is 11.8. The molecule has 4 aromatic rings. The van der Waals surface area contributed by atoms with Gasteiger partial charge in [0.2, 0.25) is 0 Å². The number of ketones is 1. The zero-order valence-electron chi connectivity index (χ0n) is 20.5. The molecule has 0 saturated carbocycles. The maximum absolute atomic E-state index is 13.4. The Labute approximate surface area is 214 Å². The van der Waals surface area contributed by atoms with E-state index in [0.717, 1.165) is 11.1 Å². The largest absolute Gasteiger partial charge is 0.423 e. The van der Waals surface area contributed by atoms with Crippen molar-refractivity contribution in [3.05, 3.63) is 131 Å². The van der Waals surface area contributed by atoms with Crippen LogP contribution in [-0.2, 0) is 9.59 Å². The van der Waals surface area contributed by atoms with E-state index >= 15 is 0 Å². The van der Waals surface area contributed by atoms with Gasteiger partial charge >= 0.3 is 11.9 Å². The number of hydrogen-bond donors (Lipinski definition) is 0. The molecule has 0 atom stereocenters. The Morgan fingerprint density at radius 3 is 1.73 bits per heavy atom. The van der Waals surface area contributed by atoms with Gasteiger partial charge in [-0.3, -0.25) is 4.79 Å². The Bertz CT molecular complexity index is 1590. The first-order chi connectivity index (χ1) is 17.8.